The first-order valence-electron chi connectivity index (χ1n) is 11.7. The summed E-state index contributed by atoms with van der Waals surface area (Å²) in [4.78, 5) is 27.1. The maximum Gasteiger partial charge on any atom is 0.243 e. The van der Waals surface area contributed by atoms with Crippen LogP contribution in [0.15, 0.2) is 53.6 Å². The first-order chi connectivity index (χ1) is 16.6. The SMILES string of the molecule is CCN(CC)S(=O)(=O)c1ccc(OC(C)C)c(NC(=O)CC2c3ccccc3C=CN2C(C)=O)c1. The maximum absolute atomic E-state index is 13.2. The van der Waals surface area contributed by atoms with Gasteiger partial charge in [0.05, 0.1) is 29.1 Å². The summed E-state index contributed by atoms with van der Waals surface area (Å²) in [6.07, 6.45) is 3.35. The van der Waals surface area contributed by atoms with Gasteiger partial charge in [-0.15, -0.1) is 0 Å². The lowest BCUT2D eigenvalue weighted by molar-refractivity contribution is -0.129. The van der Waals surface area contributed by atoms with E-state index in [4.69, 9.17) is 4.74 Å². The van der Waals surface area contributed by atoms with Gasteiger partial charge >= 0.3 is 0 Å². The van der Waals surface area contributed by atoms with Gasteiger partial charge < -0.3 is 15.0 Å². The number of sulfonamides is 1. The summed E-state index contributed by atoms with van der Waals surface area (Å²) in [5.74, 6) is -0.166. The van der Waals surface area contributed by atoms with Crippen molar-refractivity contribution in [3.8, 4) is 5.75 Å². The smallest absolute Gasteiger partial charge is 0.243 e. The summed E-state index contributed by atoms with van der Waals surface area (Å²) >= 11 is 0. The van der Waals surface area contributed by atoms with Crippen LogP contribution in [0.1, 0.15) is 58.2 Å². The quantitative estimate of drug-likeness (QED) is 0.551. The molecule has 8 nitrogen and oxygen atoms in total. The molecule has 1 N–H and O–H groups in total. The fraction of sp³-hybridized carbons (Fsp3) is 0.385. The molecule has 188 valence electrons. The number of hydrogen-bond donors (Lipinski definition) is 1. The number of hydrogen-bond acceptors (Lipinski definition) is 5. The van der Waals surface area contributed by atoms with Crippen molar-refractivity contribution in [1.82, 2.24) is 9.21 Å². The Morgan fingerprint density at radius 3 is 2.43 bits per heavy atom. The van der Waals surface area contributed by atoms with Gasteiger partial charge in [0.15, 0.2) is 0 Å². The fourth-order valence-electron chi connectivity index (χ4n) is 4.13. The Kier molecular flexibility index (Phi) is 8.34. The van der Waals surface area contributed by atoms with Gasteiger partial charge in [0, 0.05) is 26.2 Å². The number of ether oxygens (including phenoxy) is 1. The third kappa shape index (κ3) is 5.91. The van der Waals surface area contributed by atoms with Gasteiger partial charge in [0.2, 0.25) is 21.8 Å². The van der Waals surface area contributed by atoms with Crippen molar-refractivity contribution in [3.63, 3.8) is 0 Å². The molecule has 0 aliphatic carbocycles. The average Bonchev–Trinajstić information content (AvgIpc) is 2.80. The van der Waals surface area contributed by atoms with Crippen molar-refractivity contribution in [2.45, 2.75) is 58.1 Å². The molecule has 0 saturated heterocycles. The van der Waals surface area contributed by atoms with E-state index < -0.39 is 16.1 Å². The van der Waals surface area contributed by atoms with Crippen molar-refractivity contribution in [1.29, 1.82) is 0 Å². The Hall–Kier alpha value is -3.17. The Morgan fingerprint density at radius 1 is 1.11 bits per heavy atom. The molecule has 1 unspecified atom stereocenters. The second-order valence-electron chi connectivity index (χ2n) is 8.55. The number of fused-ring (bicyclic) bond motifs is 1. The summed E-state index contributed by atoms with van der Waals surface area (Å²) < 4.78 is 33.3. The molecule has 2 amide bonds. The molecule has 2 aromatic carbocycles. The van der Waals surface area contributed by atoms with Crippen molar-refractivity contribution >= 4 is 33.6 Å². The van der Waals surface area contributed by atoms with E-state index in [1.165, 1.54) is 28.3 Å². The summed E-state index contributed by atoms with van der Waals surface area (Å²) in [6.45, 7) is 9.37. The minimum atomic E-state index is -3.73. The van der Waals surface area contributed by atoms with Crippen molar-refractivity contribution in [2.24, 2.45) is 0 Å². The number of anilines is 1. The van der Waals surface area contributed by atoms with Gasteiger partial charge in [-0.3, -0.25) is 9.59 Å². The number of carbonyl (C=O) groups is 2. The molecule has 1 atom stereocenters. The monoisotopic (exact) mass is 499 g/mol. The highest BCUT2D eigenvalue weighted by atomic mass is 32.2. The first-order valence-corrected chi connectivity index (χ1v) is 13.2. The predicted molar refractivity (Wildman–Crippen MR) is 136 cm³/mol. The lowest BCUT2D eigenvalue weighted by Crippen LogP contribution is -2.33. The van der Waals surface area contributed by atoms with Crippen molar-refractivity contribution in [3.05, 3.63) is 59.8 Å². The third-order valence-electron chi connectivity index (χ3n) is 5.78. The van der Waals surface area contributed by atoms with Crippen molar-refractivity contribution in [2.75, 3.05) is 18.4 Å². The molecule has 0 aromatic heterocycles. The number of amides is 2. The molecule has 35 heavy (non-hydrogen) atoms. The second kappa shape index (κ2) is 11.0. The Morgan fingerprint density at radius 2 is 1.80 bits per heavy atom. The van der Waals surface area contributed by atoms with Gasteiger partial charge in [-0.25, -0.2) is 8.42 Å². The normalized spacial score (nSPS) is 15.3. The van der Waals surface area contributed by atoms with E-state index in [0.717, 1.165) is 11.1 Å². The second-order valence-corrected chi connectivity index (χ2v) is 10.5. The zero-order chi connectivity index (χ0) is 25.8. The molecule has 0 spiro atoms. The van der Waals surface area contributed by atoms with E-state index in [1.807, 2.05) is 44.2 Å². The minimum Gasteiger partial charge on any atom is -0.489 e. The van der Waals surface area contributed by atoms with Crippen LogP contribution >= 0.6 is 0 Å². The molecule has 1 heterocycles. The summed E-state index contributed by atoms with van der Waals surface area (Å²) in [5, 5.41) is 2.83. The van der Waals surface area contributed by atoms with Crippen molar-refractivity contribution < 1.29 is 22.7 Å². The first kappa shape index (κ1) is 26.4. The van der Waals surface area contributed by atoms with E-state index >= 15 is 0 Å². The van der Waals surface area contributed by atoms with Crippen LogP contribution in [0.2, 0.25) is 0 Å². The number of carbonyl (C=O) groups excluding carboxylic acids is 2. The van der Waals surface area contributed by atoms with Crippen LogP contribution in [-0.2, 0) is 19.6 Å². The predicted octanol–water partition coefficient (Wildman–Crippen LogP) is 4.41. The van der Waals surface area contributed by atoms with E-state index in [2.05, 4.69) is 5.32 Å². The molecule has 2 aromatic rings. The molecule has 1 aliphatic heterocycles. The standard InChI is InChI=1S/C26H33N3O5S/c1-6-28(7-2)35(32,33)21-12-13-25(34-18(3)4)23(16-21)27-26(31)17-24-22-11-9-8-10-20(22)14-15-29(24)19(5)30/h8-16,18,24H,6-7,17H2,1-5H3,(H,27,31). The molecule has 1 aliphatic rings. The molecular formula is C26H33N3O5S. The number of nitrogens with zero attached hydrogens (tertiary/aromatic N) is 2. The van der Waals surface area contributed by atoms with Crippen LogP contribution in [0.3, 0.4) is 0 Å². The van der Waals surface area contributed by atoms with E-state index in [-0.39, 0.29) is 34.9 Å². The average molecular weight is 500 g/mol. The Labute approximate surface area is 207 Å². The maximum atomic E-state index is 13.2. The van der Waals surface area contributed by atoms with Crippen LogP contribution in [0.4, 0.5) is 5.69 Å². The van der Waals surface area contributed by atoms with Crippen LogP contribution in [0.25, 0.3) is 6.08 Å². The Balaban J connectivity index is 1.93. The summed E-state index contributed by atoms with van der Waals surface area (Å²) in [5.41, 5.74) is 2.08. The molecule has 9 heteroatoms. The molecule has 3 rings (SSSR count). The highest BCUT2D eigenvalue weighted by Gasteiger charge is 2.29. The topological polar surface area (TPSA) is 96.0 Å². The van der Waals surface area contributed by atoms with Crippen LogP contribution in [0.5, 0.6) is 5.75 Å². The Bertz CT molecular complexity index is 1220. The molecule has 0 bridgehead atoms. The van der Waals surface area contributed by atoms with Crippen LogP contribution in [0, 0.1) is 0 Å². The van der Waals surface area contributed by atoms with E-state index in [1.54, 1.807) is 26.1 Å². The lowest BCUT2D eigenvalue weighted by atomic mass is 9.93. The van der Waals surface area contributed by atoms with Gasteiger partial charge in [0.25, 0.3) is 0 Å². The largest absolute Gasteiger partial charge is 0.489 e. The molecular weight excluding hydrogens is 466 g/mol. The number of benzene rings is 2. The zero-order valence-corrected chi connectivity index (χ0v) is 21.6. The van der Waals surface area contributed by atoms with Gasteiger partial charge in [-0.05, 0) is 49.2 Å². The van der Waals surface area contributed by atoms with Crippen LogP contribution < -0.4 is 10.1 Å². The third-order valence-corrected chi connectivity index (χ3v) is 7.82. The molecule has 0 saturated carbocycles. The zero-order valence-electron chi connectivity index (χ0n) is 20.8. The van der Waals surface area contributed by atoms with Gasteiger partial charge in [-0.1, -0.05) is 38.1 Å². The summed E-state index contributed by atoms with van der Waals surface area (Å²) in [6, 6.07) is 11.6. The number of rotatable bonds is 9. The molecule has 0 fully saturated rings. The van der Waals surface area contributed by atoms with Crippen LogP contribution in [-0.4, -0.2) is 48.6 Å². The van der Waals surface area contributed by atoms with E-state index in [9.17, 15) is 18.0 Å². The fourth-order valence-corrected chi connectivity index (χ4v) is 5.61. The van der Waals surface area contributed by atoms with Gasteiger partial charge in [0.1, 0.15) is 5.75 Å². The van der Waals surface area contributed by atoms with Gasteiger partial charge in [-0.2, -0.15) is 4.31 Å². The lowest BCUT2D eigenvalue weighted by Gasteiger charge is -2.32. The highest BCUT2D eigenvalue weighted by molar-refractivity contribution is 7.89. The van der Waals surface area contributed by atoms with E-state index in [0.29, 0.717) is 18.8 Å². The number of nitrogens with one attached hydrogen (secondary N) is 1. The minimum absolute atomic E-state index is 0.00489. The highest BCUT2D eigenvalue weighted by Crippen LogP contribution is 2.34. The summed E-state index contributed by atoms with van der Waals surface area (Å²) in [7, 11) is -3.73. The molecule has 0 radical (unpaired) electrons.